The Morgan fingerprint density at radius 3 is 1.23 bits per heavy atom. The Kier molecular flexibility index (Phi) is 3.13. The van der Waals surface area contributed by atoms with Crippen molar-refractivity contribution in [1.82, 2.24) is 0 Å². The minimum Gasteiger partial charge on any atom is -0.206 e. The monoisotopic (exact) mass is 232 g/mol. The number of hydrogen-bond acceptors (Lipinski definition) is 0. The molecular formula is C5H4ClF7. The van der Waals surface area contributed by atoms with Crippen LogP contribution in [0.25, 0.3) is 0 Å². The maximum absolute atomic E-state index is 12.1. The molecule has 0 heterocycles. The predicted molar refractivity (Wildman–Crippen MR) is 31.0 cm³/mol. The van der Waals surface area contributed by atoms with Crippen LogP contribution in [-0.4, -0.2) is 17.5 Å². The van der Waals surface area contributed by atoms with E-state index >= 15 is 0 Å². The molecule has 0 aromatic rings. The number of halogens is 8. The van der Waals surface area contributed by atoms with E-state index in [1.165, 1.54) is 0 Å². The lowest BCUT2D eigenvalue weighted by Gasteiger charge is -2.28. The number of alkyl halides is 8. The van der Waals surface area contributed by atoms with Gasteiger partial charge in [0.2, 0.25) is 0 Å². The maximum Gasteiger partial charge on any atom is 0.404 e. The molecule has 0 aliphatic carbocycles. The van der Waals surface area contributed by atoms with E-state index in [-0.39, 0.29) is 6.92 Å². The minimum atomic E-state index is -5.75. The van der Waals surface area contributed by atoms with Crippen LogP contribution in [-0.2, 0) is 0 Å². The van der Waals surface area contributed by atoms with Gasteiger partial charge < -0.3 is 0 Å². The Morgan fingerprint density at radius 1 is 0.923 bits per heavy atom. The van der Waals surface area contributed by atoms with Crippen LogP contribution in [0.1, 0.15) is 6.92 Å². The summed E-state index contributed by atoms with van der Waals surface area (Å²) in [5.41, 5.74) is 0. The van der Waals surface area contributed by atoms with Gasteiger partial charge in [-0.2, -0.15) is 22.0 Å². The van der Waals surface area contributed by atoms with Crippen LogP contribution >= 0.6 is 11.6 Å². The molecule has 13 heavy (non-hydrogen) atoms. The van der Waals surface area contributed by atoms with E-state index in [1.54, 1.807) is 0 Å². The van der Waals surface area contributed by atoms with E-state index in [0.29, 0.717) is 0 Å². The Bertz CT molecular complexity index is 140. The highest BCUT2D eigenvalue weighted by atomic mass is 35.5. The average molecular weight is 233 g/mol. The second-order valence-corrected chi connectivity index (χ2v) is 2.98. The van der Waals surface area contributed by atoms with E-state index in [4.69, 9.17) is 0 Å². The molecule has 0 aromatic heterocycles. The summed E-state index contributed by atoms with van der Waals surface area (Å²) in [5.74, 6) is -8.79. The smallest absolute Gasteiger partial charge is 0.206 e. The third-order valence-electron chi connectivity index (χ3n) is 1.16. The van der Waals surface area contributed by atoms with E-state index in [1.807, 2.05) is 0 Å². The molecule has 80 valence electrons. The van der Waals surface area contributed by atoms with Crippen molar-refractivity contribution in [3.8, 4) is 0 Å². The molecule has 0 aliphatic rings. The van der Waals surface area contributed by atoms with Gasteiger partial charge in [0.1, 0.15) is 0 Å². The molecule has 0 aromatic carbocycles. The van der Waals surface area contributed by atoms with Crippen molar-refractivity contribution in [3.63, 3.8) is 0 Å². The topological polar surface area (TPSA) is 0 Å². The van der Waals surface area contributed by atoms with Crippen LogP contribution in [0.3, 0.4) is 0 Å². The Morgan fingerprint density at radius 2 is 1.23 bits per heavy atom. The molecule has 0 radical (unpaired) electrons. The van der Waals surface area contributed by atoms with Gasteiger partial charge in [-0.1, -0.05) is 0 Å². The van der Waals surface area contributed by atoms with Gasteiger partial charge in [-0.3, -0.25) is 0 Å². The van der Waals surface area contributed by atoms with Crippen LogP contribution < -0.4 is 0 Å². The Hall–Kier alpha value is -0.200. The van der Waals surface area contributed by atoms with Crippen molar-refractivity contribution in [2.45, 2.75) is 24.4 Å². The van der Waals surface area contributed by atoms with E-state index in [9.17, 15) is 30.7 Å². The lowest BCUT2D eigenvalue weighted by molar-refractivity contribution is -0.277. The summed E-state index contributed by atoms with van der Waals surface area (Å²) >= 11 is 3.94. The van der Waals surface area contributed by atoms with Gasteiger partial charge >= 0.3 is 11.6 Å². The van der Waals surface area contributed by atoms with Crippen LogP contribution in [0.4, 0.5) is 30.7 Å². The molecule has 0 spiro atoms. The average Bonchev–Trinajstić information content (AvgIpc) is 1.44. The van der Waals surface area contributed by atoms with Crippen molar-refractivity contribution in [2.75, 3.05) is 0 Å². The molecule has 0 saturated heterocycles. The van der Waals surface area contributed by atoms with Gasteiger partial charge in [-0.05, 0) is 11.6 Å². The van der Waals surface area contributed by atoms with Crippen molar-refractivity contribution in [3.05, 3.63) is 0 Å². The predicted octanol–water partition coefficient (Wildman–Crippen LogP) is 3.65. The summed E-state index contributed by atoms with van der Waals surface area (Å²) in [6.45, 7) is -0.262. The van der Waals surface area contributed by atoms with Crippen molar-refractivity contribution in [1.29, 1.82) is 0 Å². The van der Waals surface area contributed by atoms with Crippen molar-refractivity contribution < 1.29 is 30.7 Å². The lowest BCUT2D eigenvalue weighted by atomic mass is 10.0. The number of hydrogen-bond donors (Lipinski definition) is 0. The zero-order valence-electron chi connectivity index (χ0n) is 6.10. The van der Waals surface area contributed by atoms with Crippen LogP contribution in [0.2, 0.25) is 0 Å². The molecule has 0 saturated carbocycles. The second kappa shape index (κ2) is 3.18. The number of rotatable bonds is 2. The van der Waals surface area contributed by atoms with Gasteiger partial charge in [0.15, 0.2) is 5.92 Å². The van der Waals surface area contributed by atoms with Crippen molar-refractivity contribution >= 4 is 11.6 Å². The molecule has 0 rings (SSSR count). The van der Waals surface area contributed by atoms with E-state index < -0.39 is 23.4 Å². The molecular weight excluding hydrogens is 228 g/mol. The fourth-order valence-electron chi connectivity index (χ4n) is 0.760. The van der Waals surface area contributed by atoms with Crippen LogP contribution in [0, 0.1) is 5.92 Å². The zero-order valence-corrected chi connectivity index (χ0v) is 6.86. The summed E-state index contributed by atoms with van der Waals surface area (Å²) in [4.78, 5) is 0. The lowest BCUT2D eigenvalue weighted by Crippen LogP contribution is -2.46. The summed E-state index contributed by atoms with van der Waals surface area (Å²) in [7, 11) is 0. The molecule has 1 atom stereocenters. The highest BCUT2D eigenvalue weighted by Crippen LogP contribution is 2.48. The van der Waals surface area contributed by atoms with Crippen molar-refractivity contribution in [2.24, 2.45) is 5.92 Å². The maximum atomic E-state index is 12.1. The third kappa shape index (κ3) is 3.58. The first-order chi connectivity index (χ1) is 5.37. The third-order valence-corrected chi connectivity index (χ3v) is 1.38. The highest BCUT2D eigenvalue weighted by molar-refractivity contribution is 6.22. The molecule has 1 unspecified atom stereocenters. The fraction of sp³-hybridized carbons (Fsp3) is 1.00. The molecule has 0 nitrogen and oxygen atoms in total. The van der Waals surface area contributed by atoms with Crippen LogP contribution in [0.15, 0.2) is 0 Å². The standard InChI is InChI=1S/C5H4ClF7/c1-3(7,8)2(4(6,9)10)5(11,12)13/h2H,1H3. The minimum absolute atomic E-state index is 0.262. The Labute approximate surface area is 73.7 Å². The zero-order chi connectivity index (χ0) is 11.1. The van der Waals surface area contributed by atoms with E-state index in [2.05, 4.69) is 11.6 Å². The quantitative estimate of drug-likeness (QED) is 0.504. The molecule has 0 bridgehead atoms. The van der Waals surface area contributed by atoms with E-state index in [0.717, 1.165) is 0 Å². The second-order valence-electron chi connectivity index (χ2n) is 2.47. The summed E-state index contributed by atoms with van der Waals surface area (Å²) in [5, 5.41) is -5.02. The SMILES string of the molecule is CC(F)(F)C(C(F)(F)F)C(F)(F)Cl. The van der Waals surface area contributed by atoms with Gasteiger partial charge in [-0.15, -0.1) is 0 Å². The molecule has 0 fully saturated rings. The molecule has 0 aliphatic heterocycles. The fourth-order valence-corrected chi connectivity index (χ4v) is 1.08. The van der Waals surface area contributed by atoms with Gasteiger partial charge in [-0.25, -0.2) is 8.78 Å². The molecule has 0 amide bonds. The largest absolute Gasteiger partial charge is 0.404 e. The van der Waals surface area contributed by atoms with Gasteiger partial charge in [0.25, 0.3) is 5.92 Å². The summed E-state index contributed by atoms with van der Waals surface area (Å²) in [6, 6.07) is 0. The first kappa shape index (κ1) is 12.8. The highest BCUT2D eigenvalue weighted by Gasteiger charge is 2.65. The normalized spacial score (nSPS) is 17.3. The van der Waals surface area contributed by atoms with Gasteiger partial charge in [0, 0.05) is 6.92 Å². The van der Waals surface area contributed by atoms with Gasteiger partial charge in [0.05, 0.1) is 0 Å². The first-order valence-corrected chi connectivity index (χ1v) is 3.26. The Balaban J connectivity index is 5.02. The molecule has 0 N–H and O–H groups in total. The first-order valence-electron chi connectivity index (χ1n) is 2.88. The van der Waals surface area contributed by atoms with Crippen LogP contribution in [0.5, 0.6) is 0 Å². The summed E-state index contributed by atoms with van der Waals surface area (Å²) < 4.78 is 83.1. The molecule has 8 heteroatoms. The summed E-state index contributed by atoms with van der Waals surface area (Å²) in [6.07, 6.45) is -5.75.